The molecule has 2 heterocycles. The van der Waals surface area contributed by atoms with E-state index in [1.54, 1.807) is 0 Å². The molecule has 1 saturated heterocycles. The van der Waals surface area contributed by atoms with Crippen molar-refractivity contribution < 1.29 is 10.0 Å². The third kappa shape index (κ3) is 2.66. The average molecular weight is 253 g/mol. The quantitative estimate of drug-likeness (QED) is 0.401. The molecule has 1 aromatic rings. The first-order valence-corrected chi connectivity index (χ1v) is 5.66. The van der Waals surface area contributed by atoms with Gasteiger partial charge < -0.3 is 15.4 Å². The zero-order chi connectivity index (χ0) is 13.1. The lowest BCUT2D eigenvalue weighted by Gasteiger charge is -2.30. The van der Waals surface area contributed by atoms with Crippen LogP contribution in [0.5, 0.6) is 0 Å². The van der Waals surface area contributed by atoms with Crippen molar-refractivity contribution in [2.24, 2.45) is 5.84 Å². The number of nitrogens with zero attached hydrogens (tertiary/aromatic N) is 3. The molecule has 0 atom stereocenters. The Bertz CT molecular complexity index is 445. The van der Waals surface area contributed by atoms with E-state index < -0.39 is 4.92 Å². The number of hydrazine groups is 1. The van der Waals surface area contributed by atoms with E-state index in [1.165, 1.54) is 12.1 Å². The fraction of sp³-hybridized carbons (Fsp3) is 0.500. The summed E-state index contributed by atoms with van der Waals surface area (Å²) in [6.07, 6.45) is 0.970. The summed E-state index contributed by atoms with van der Waals surface area (Å²) in [6.45, 7) is 1.25. The Morgan fingerprint density at radius 3 is 2.72 bits per heavy atom. The van der Waals surface area contributed by atoms with Gasteiger partial charge in [0.1, 0.15) is 11.6 Å². The first-order valence-electron chi connectivity index (χ1n) is 5.66. The smallest absolute Gasteiger partial charge is 0.276 e. The van der Waals surface area contributed by atoms with Gasteiger partial charge in [-0.2, -0.15) is 0 Å². The number of pyridine rings is 1. The van der Waals surface area contributed by atoms with Gasteiger partial charge in [0.25, 0.3) is 5.69 Å². The highest BCUT2D eigenvalue weighted by Gasteiger charge is 2.20. The van der Waals surface area contributed by atoms with Crippen molar-refractivity contribution in [3.05, 3.63) is 22.2 Å². The Hall–Kier alpha value is -1.93. The number of hydrogen-bond acceptors (Lipinski definition) is 7. The standard InChI is InChI=1S/C10H15N5O3/c11-13-9-5-7(15(17)18)6-10(12-9)14-3-1-8(16)2-4-14/h5-6,8,16H,1-4,11H2,(H,12,13). The van der Waals surface area contributed by atoms with Gasteiger partial charge in [-0.25, -0.2) is 10.8 Å². The zero-order valence-electron chi connectivity index (χ0n) is 9.74. The number of rotatable bonds is 3. The number of nitrogen functional groups attached to an aromatic ring is 1. The summed E-state index contributed by atoms with van der Waals surface area (Å²) in [5.41, 5.74) is 2.26. The highest BCUT2D eigenvalue weighted by Crippen LogP contribution is 2.25. The van der Waals surface area contributed by atoms with E-state index in [1.807, 2.05) is 4.90 Å². The average Bonchev–Trinajstić information content (AvgIpc) is 2.39. The Morgan fingerprint density at radius 2 is 2.17 bits per heavy atom. The van der Waals surface area contributed by atoms with Crippen molar-refractivity contribution in [2.45, 2.75) is 18.9 Å². The molecule has 1 aliphatic rings. The number of aliphatic hydroxyl groups is 1. The molecule has 4 N–H and O–H groups in total. The molecule has 1 aromatic heterocycles. The molecule has 8 heteroatoms. The van der Waals surface area contributed by atoms with Crippen LogP contribution in [0.3, 0.4) is 0 Å². The molecule has 0 aliphatic carbocycles. The van der Waals surface area contributed by atoms with Crippen LogP contribution in [0, 0.1) is 10.1 Å². The molecule has 0 radical (unpaired) electrons. The van der Waals surface area contributed by atoms with Crippen LogP contribution in [-0.4, -0.2) is 34.2 Å². The molecular weight excluding hydrogens is 238 g/mol. The van der Waals surface area contributed by atoms with Gasteiger partial charge in [0.2, 0.25) is 0 Å². The second-order valence-electron chi connectivity index (χ2n) is 4.19. The largest absolute Gasteiger partial charge is 0.393 e. The third-order valence-electron chi connectivity index (χ3n) is 2.94. The van der Waals surface area contributed by atoms with Crippen molar-refractivity contribution in [3.63, 3.8) is 0 Å². The van der Waals surface area contributed by atoms with Gasteiger partial charge in [-0.3, -0.25) is 10.1 Å². The van der Waals surface area contributed by atoms with Gasteiger partial charge in [-0.15, -0.1) is 0 Å². The van der Waals surface area contributed by atoms with Gasteiger partial charge in [-0.05, 0) is 12.8 Å². The van der Waals surface area contributed by atoms with Crippen LogP contribution in [0.4, 0.5) is 17.3 Å². The Morgan fingerprint density at radius 1 is 1.50 bits per heavy atom. The number of nitro groups is 1. The maximum atomic E-state index is 10.8. The number of nitrogens with two attached hydrogens (primary N) is 1. The van der Waals surface area contributed by atoms with Crippen molar-refractivity contribution in [2.75, 3.05) is 23.4 Å². The number of aliphatic hydroxyl groups excluding tert-OH is 1. The lowest BCUT2D eigenvalue weighted by molar-refractivity contribution is -0.384. The monoisotopic (exact) mass is 253 g/mol. The molecule has 2 rings (SSSR count). The SMILES string of the molecule is NNc1cc([N+](=O)[O-])cc(N2CCC(O)CC2)n1. The van der Waals surface area contributed by atoms with E-state index >= 15 is 0 Å². The molecule has 8 nitrogen and oxygen atoms in total. The summed E-state index contributed by atoms with van der Waals surface area (Å²) in [5.74, 6) is 6.00. The maximum Gasteiger partial charge on any atom is 0.276 e. The normalized spacial score (nSPS) is 16.7. The first kappa shape index (κ1) is 12.5. The van der Waals surface area contributed by atoms with Crippen LogP contribution in [0.25, 0.3) is 0 Å². The summed E-state index contributed by atoms with van der Waals surface area (Å²) < 4.78 is 0. The summed E-state index contributed by atoms with van der Waals surface area (Å²) in [5, 5.41) is 20.2. The van der Waals surface area contributed by atoms with Crippen LogP contribution in [0.2, 0.25) is 0 Å². The molecule has 1 aliphatic heterocycles. The minimum Gasteiger partial charge on any atom is -0.393 e. The molecule has 18 heavy (non-hydrogen) atoms. The van der Waals surface area contributed by atoms with E-state index in [-0.39, 0.29) is 17.6 Å². The van der Waals surface area contributed by atoms with E-state index in [2.05, 4.69) is 10.4 Å². The molecule has 0 spiro atoms. The number of piperidine rings is 1. The Labute approximate surface area is 104 Å². The summed E-state index contributed by atoms with van der Waals surface area (Å²) in [6, 6.07) is 2.70. The van der Waals surface area contributed by atoms with Crippen molar-refractivity contribution in [1.29, 1.82) is 0 Å². The topological polar surface area (TPSA) is 118 Å². The fourth-order valence-electron chi connectivity index (χ4n) is 1.94. The second-order valence-corrected chi connectivity index (χ2v) is 4.19. The first-order chi connectivity index (χ1) is 8.60. The minimum absolute atomic E-state index is 0.0564. The lowest BCUT2D eigenvalue weighted by atomic mass is 10.1. The van der Waals surface area contributed by atoms with E-state index in [4.69, 9.17) is 5.84 Å². The number of nitrogens with one attached hydrogen (secondary N) is 1. The highest BCUT2D eigenvalue weighted by molar-refractivity contribution is 5.55. The third-order valence-corrected chi connectivity index (χ3v) is 2.94. The van der Waals surface area contributed by atoms with Crippen LogP contribution in [0.1, 0.15) is 12.8 Å². The van der Waals surface area contributed by atoms with Crippen LogP contribution < -0.4 is 16.2 Å². The molecule has 98 valence electrons. The Balaban J connectivity index is 2.26. The van der Waals surface area contributed by atoms with Crippen molar-refractivity contribution >= 4 is 17.3 Å². The summed E-state index contributed by atoms with van der Waals surface area (Å²) in [7, 11) is 0. The van der Waals surface area contributed by atoms with Gasteiger partial charge in [-0.1, -0.05) is 0 Å². The number of anilines is 2. The lowest BCUT2D eigenvalue weighted by Crippen LogP contribution is -2.36. The van der Waals surface area contributed by atoms with Crippen LogP contribution in [-0.2, 0) is 0 Å². The predicted octanol–water partition coefficient (Wildman–Crippen LogP) is 0.236. The molecule has 0 saturated carbocycles. The van der Waals surface area contributed by atoms with E-state index in [9.17, 15) is 15.2 Å². The van der Waals surface area contributed by atoms with Crippen molar-refractivity contribution in [1.82, 2.24) is 4.98 Å². The Kier molecular flexibility index (Phi) is 3.58. The van der Waals surface area contributed by atoms with Crippen LogP contribution in [0.15, 0.2) is 12.1 Å². The molecule has 0 aromatic carbocycles. The summed E-state index contributed by atoms with van der Waals surface area (Å²) in [4.78, 5) is 16.4. The number of aromatic nitrogens is 1. The van der Waals surface area contributed by atoms with Crippen molar-refractivity contribution in [3.8, 4) is 0 Å². The van der Waals surface area contributed by atoms with Gasteiger partial charge in [0.05, 0.1) is 23.2 Å². The number of hydrogen-bond donors (Lipinski definition) is 3. The van der Waals surface area contributed by atoms with Gasteiger partial charge in [0.15, 0.2) is 0 Å². The maximum absolute atomic E-state index is 10.8. The van der Waals surface area contributed by atoms with Gasteiger partial charge >= 0.3 is 0 Å². The molecule has 0 unspecified atom stereocenters. The van der Waals surface area contributed by atoms with E-state index in [0.29, 0.717) is 31.7 Å². The zero-order valence-corrected chi connectivity index (χ0v) is 9.74. The van der Waals surface area contributed by atoms with E-state index in [0.717, 1.165) is 0 Å². The fourth-order valence-corrected chi connectivity index (χ4v) is 1.94. The highest BCUT2D eigenvalue weighted by atomic mass is 16.6. The molecule has 0 amide bonds. The minimum atomic E-state index is -0.481. The molecule has 0 bridgehead atoms. The molecular formula is C10H15N5O3. The molecule has 1 fully saturated rings. The predicted molar refractivity (Wildman–Crippen MR) is 66.2 cm³/mol. The van der Waals surface area contributed by atoms with Crippen LogP contribution >= 0.6 is 0 Å². The summed E-state index contributed by atoms with van der Waals surface area (Å²) >= 11 is 0. The van der Waals surface area contributed by atoms with Gasteiger partial charge in [0, 0.05) is 13.1 Å². The second kappa shape index (κ2) is 5.15.